The maximum atomic E-state index is 13.4. The molecule has 2 rings (SSSR count). The van der Waals surface area contributed by atoms with Gasteiger partial charge in [0.1, 0.15) is 17.6 Å². The number of hydrogen-bond donors (Lipinski definition) is 2. The first-order valence-corrected chi connectivity index (χ1v) is 6.14. The number of aliphatic carboxylic acids is 1. The number of rotatable bonds is 4. The van der Waals surface area contributed by atoms with E-state index in [1.165, 1.54) is 25.3 Å². The zero-order valence-corrected chi connectivity index (χ0v) is 10.7. The molecule has 1 fully saturated rings. The molecule has 0 bridgehead atoms. The average molecular weight is 268 g/mol. The van der Waals surface area contributed by atoms with Crippen molar-refractivity contribution >= 4 is 5.97 Å². The summed E-state index contributed by atoms with van der Waals surface area (Å²) < 4.78 is 18.5. The number of benzene rings is 1. The normalized spacial score (nSPS) is 18.0. The van der Waals surface area contributed by atoms with Gasteiger partial charge in [-0.2, -0.15) is 0 Å². The molecule has 1 aliphatic rings. The van der Waals surface area contributed by atoms with E-state index in [4.69, 9.17) is 4.74 Å². The largest absolute Gasteiger partial charge is 0.496 e. The molecular formula is C13H17FN2O3. The fourth-order valence-corrected chi connectivity index (χ4v) is 2.35. The van der Waals surface area contributed by atoms with Gasteiger partial charge in [0.05, 0.1) is 7.11 Å². The molecule has 1 unspecified atom stereocenters. The van der Waals surface area contributed by atoms with Gasteiger partial charge in [0.15, 0.2) is 0 Å². The first kappa shape index (κ1) is 13.8. The molecule has 5 nitrogen and oxygen atoms in total. The summed E-state index contributed by atoms with van der Waals surface area (Å²) in [7, 11) is 1.45. The Bertz CT molecular complexity index is 461. The van der Waals surface area contributed by atoms with Crippen molar-refractivity contribution in [3.8, 4) is 5.75 Å². The highest BCUT2D eigenvalue weighted by Gasteiger charge is 2.31. The molecule has 1 aromatic rings. The van der Waals surface area contributed by atoms with E-state index < -0.39 is 17.8 Å². The van der Waals surface area contributed by atoms with E-state index >= 15 is 0 Å². The number of carboxylic acids is 1. The van der Waals surface area contributed by atoms with Gasteiger partial charge >= 0.3 is 5.97 Å². The van der Waals surface area contributed by atoms with Gasteiger partial charge in [-0.25, -0.2) is 4.39 Å². The third-order valence-corrected chi connectivity index (χ3v) is 3.24. The van der Waals surface area contributed by atoms with Crippen molar-refractivity contribution in [2.45, 2.75) is 6.04 Å². The summed E-state index contributed by atoms with van der Waals surface area (Å²) in [6, 6.07) is 3.08. The Balaban J connectivity index is 2.37. The third-order valence-electron chi connectivity index (χ3n) is 3.24. The Morgan fingerprint density at radius 3 is 2.74 bits per heavy atom. The molecule has 0 saturated carbocycles. The van der Waals surface area contributed by atoms with Crippen LogP contribution in [0.2, 0.25) is 0 Å². The summed E-state index contributed by atoms with van der Waals surface area (Å²) in [5, 5.41) is 12.6. The quantitative estimate of drug-likeness (QED) is 0.848. The maximum absolute atomic E-state index is 13.4. The van der Waals surface area contributed by atoms with E-state index in [1.54, 1.807) is 0 Å². The van der Waals surface area contributed by atoms with Crippen LogP contribution in [-0.2, 0) is 4.79 Å². The van der Waals surface area contributed by atoms with Crippen molar-refractivity contribution in [3.05, 3.63) is 29.6 Å². The molecule has 0 amide bonds. The van der Waals surface area contributed by atoms with Crippen LogP contribution >= 0.6 is 0 Å². The minimum absolute atomic E-state index is 0.358. The zero-order chi connectivity index (χ0) is 13.8. The molecule has 2 N–H and O–H groups in total. The smallest absolute Gasteiger partial charge is 0.325 e. The lowest BCUT2D eigenvalue weighted by Crippen LogP contribution is -2.47. The van der Waals surface area contributed by atoms with Crippen LogP contribution in [0.5, 0.6) is 5.75 Å². The maximum Gasteiger partial charge on any atom is 0.325 e. The van der Waals surface area contributed by atoms with Crippen molar-refractivity contribution < 1.29 is 19.0 Å². The Labute approximate surface area is 111 Å². The highest BCUT2D eigenvalue weighted by molar-refractivity contribution is 5.76. The van der Waals surface area contributed by atoms with E-state index in [-0.39, 0.29) is 0 Å². The standard InChI is InChI=1S/C13H17FN2O3/c1-19-11-3-2-9(14)8-10(11)12(13(17)18)16-6-4-15-5-7-16/h2-3,8,12,15H,4-7H2,1H3,(H,17,18). The molecule has 1 aliphatic heterocycles. The number of nitrogens with one attached hydrogen (secondary N) is 1. The number of nitrogens with zero attached hydrogens (tertiary/aromatic N) is 1. The van der Waals surface area contributed by atoms with Crippen LogP contribution in [0.1, 0.15) is 11.6 Å². The summed E-state index contributed by atoms with van der Waals surface area (Å²) >= 11 is 0. The molecule has 0 aliphatic carbocycles. The van der Waals surface area contributed by atoms with E-state index in [0.29, 0.717) is 24.4 Å². The molecule has 1 heterocycles. The second kappa shape index (κ2) is 5.99. The van der Waals surface area contributed by atoms with Gasteiger partial charge in [-0.3, -0.25) is 9.69 Å². The number of ether oxygens (including phenoxy) is 1. The van der Waals surface area contributed by atoms with E-state index in [0.717, 1.165) is 13.1 Å². The molecule has 6 heteroatoms. The Kier molecular flexibility index (Phi) is 4.34. The molecule has 0 radical (unpaired) electrons. The lowest BCUT2D eigenvalue weighted by molar-refractivity contribution is -0.144. The zero-order valence-electron chi connectivity index (χ0n) is 10.7. The van der Waals surface area contributed by atoms with Crippen molar-refractivity contribution in [3.63, 3.8) is 0 Å². The predicted molar refractivity (Wildman–Crippen MR) is 67.8 cm³/mol. The monoisotopic (exact) mass is 268 g/mol. The highest BCUT2D eigenvalue weighted by atomic mass is 19.1. The van der Waals surface area contributed by atoms with E-state index in [2.05, 4.69) is 5.32 Å². The SMILES string of the molecule is COc1ccc(F)cc1C(C(=O)O)N1CCNCC1. The number of carboxylic acid groups (broad SMARTS) is 1. The van der Waals surface area contributed by atoms with Crippen LogP contribution in [0, 0.1) is 5.82 Å². The van der Waals surface area contributed by atoms with Gasteiger partial charge in [-0.1, -0.05) is 0 Å². The van der Waals surface area contributed by atoms with Crippen molar-refractivity contribution in [2.75, 3.05) is 33.3 Å². The van der Waals surface area contributed by atoms with Gasteiger partial charge in [0.25, 0.3) is 0 Å². The minimum Gasteiger partial charge on any atom is -0.496 e. The topological polar surface area (TPSA) is 61.8 Å². The summed E-state index contributed by atoms with van der Waals surface area (Å²) in [6.45, 7) is 2.66. The molecule has 19 heavy (non-hydrogen) atoms. The second-order valence-corrected chi connectivity index (χ2v) is 4.41. The first-order chi connectivity index (χ1) is 9.13. The molecule has 104 valence electrons. The average Bonchev–Trinajstić information content (AvgIpc) is 2.40. The van der Waals surface area contributed by atoms with Gasteiger partial charge in [0.2, 0.25) is 0 Å². The lowest BCUT2D eigenvalue weighted by Gasteiger charge is -2.33. The van der Waals surface area contributed by atoms with Gasteiger partial charge in [0, 0.05) is 31.7 Å². The fraction of sp³-hybridized carbons (Fsp3) is 0.462. The van der Waals surface area contributed by atoms with Crippen LogP contribution in [0.15, 0.2) is 18.2 Å². The third kappa shape index (κ3) is 3.02. The van der Waals surface area contributed by atoms with Gasteiger partial charge in [-0.15, -0.1) is 0 Å². The summed E-state index contributed by atoms with van der Waals surface area (Å²) in [4.78, 5) is 13.4. The highest BCUT2D eigenvalue weighted by Crippen LogP contribution is 2.30. The van der Waals surface area contributed by atoms with Crippen LogP contribution in [0.4, 0.5) is 4.39 Å². The Morgan fingerprint density at radius 2 is 2.16 bits per heavy atom. The summed E-state index contributed by atoms with van der Waals surface area (Å²) in [5.74, 6) is -1.06. The molecule has 1 atom stereocenters. The van der Waals surface area contributed by atoms with Crippen LogP contribution in [-0.4, -0.2) is 49.3 Å². The van der Waals surface area contributed by atoms with Crippen LogP contribution < -0.4 is 10.1 Å². The van der Waals surface area contributed by atoms with Crippen molar-refractivity contribution in [1.82, 2.24) is 10.2 Å². The Hall–Kier alpha value is -1.66. The first-order valence-electron chi connectivity index (χ1n) is 6.14. The number of halogens is 1. The molecular weight excluding hydrogens is 251 g/mol. The number of piperazine rings is 1. The van der Waals surface area contributed by atoms with E-state index in [1.807, 2.05) is 4.90 Å². The predicted octanol–water partition coefficient (Wildman–Crippen LogP) is 0.865. The molecule has 1 saturated heterocycles. The fourth-order valence-electron chi connectivity index (χ4n) is 2.35. The molecule has 1 aromatic carbocycles. The number of methoxy groups -OCH3 is 1. The lowest BCUT2D eigenvalue weighted by atomic mass is 10.0. The van der Waals surface area contributed by atoms with E-state index in [9.17, 15) is 14.3 Å². The summed E-state index contributed by atoms with van der Waals surface area (Å²) in [5.41, 5.74) is 0.358. The number of hydrogen-bond acceptors (Lipinski definition) is 4. The summed E-state index contributed by atoms with van der Waals surface area (Å²) in [6.07, 6.45) is 0. The molecule has 0 spiro atoms. The van der Waals surface area contributed by atoms with Crippen LogP contribution in [0.3, 0.4) is 0 Å². The molecule has 0 aromatic heterocycles. The van der Waals surface area contributed by atoms with Crippen LogP contribution in [0.25, 0.3) is 0 Å². The van der Waals surface area contributed by atoms with Crippen molar-refractivity contribution in [2.24, 2.45) is 0 Å². The van der Waals surface area contributed by atoms with Gasteiger partial charge in [-0.05, 0) is 18.2 Å². The second-order valence-electron chi connectivity index (χ2n) is 4.41. The number of carbonyl (C=O) groups is 1. The Morgan fingerprint density at radius 1 is 1.47 bits per heavy atom. The van der Waals surface area contributed by atoms with Gasteiger partial charge < -0.3 is 15.2 Å². The van der Waals surface area contributed by atoms with Crippen molar-refractivity contribution in [1.29, 1.82) is 0 Å². The minimum atomic E-state index is -0.995.